The number of hydrogen-bond acceptors (Lipinski definition) is 4. The molecule has 0 unspecified atom stereocenters. The molecule has 6 nitrogen and oxygen atoms in total. The van der Waals surface area contributed by atoms with E-state index in [0.29, 0.717) is 37.4 Å². The molecule has 0 aliphatic carbocycles. The Bertz CT molecular complexity index is 896. The van der Waals surface area contributed by atoms with E-state index in [-0.39, 0.29) is 17.3 Å². The van der Waals surface area contributed by atoms with Gasteiger partial charge in [-0.3, -0.25) is 4.79 Å². The van der Waals surface area contributed by atoms with Gasteiger partial charge >= 0.3 is 0 Å². The molecule has 138 valence electrons. The summed E-state index contributed by atoms with van der Waals surface area (Å²) in [4.78, 5) is 12.6. The molecule has 0 bridgehead atoms. The number of rotatable bonds is 5. The average Bonchev–Trinajstić information content (AvgIpc) is 2.67. The lowest BCUT2D eigenvalue weighted by atomic mass is 10.2. The summed E-state index contributed by atoms with van der Waals surface area (Å²) in [5.74, 6) is -0.228. The third-order valence-electron chi connectivity index (χ3n) is 4.12. The lowest BCUT2D eigenvalue weighted by Crippen LogP contribution is -2.41. The third-order valence-corrected chi connectivity index (χ3v) is 7.06. The van der Waals surface area contributed by atoms with Crippen LogP contribution in [0.25, 0.3) is 0 Å². The molecule has 0 saturated carbocycles. The van der Waals surface area contributed by atoms with Crippen molar-refractivity contribution in [3.05, 3.63) is 63.2 Å². The molecule has 0 spiro atoms. The fourth-order valence-corrected chi connectivity index (χ4v) is 5.01. The lowest BCUT2D eigenvalue weighted by Gasteiger charge is -2.27. The van der Waals surface area contributed by atoms with E-state index in [0.717, 1.165) is 3.57 Å². The van der Waals surface area contributed by atoms with E-state index in [9.17, 15) is 13.2 Å². The molecule has 3 rings (SSSR count). The molecule has 1 heterocycles. The Balaban J connectivity index is 1.79. The third kappa shape index (κ3) is 4.25. The number of nitrogens with zero attached hydrogens (tertiary/aromatic N) is 1. The highest BCUT2D eigenvalue weighted by Gasteiger charge is 2.28. The van der Waals surface area contributed by atoms with E-state index < -0.39 is 10.0 Å². The van der Waals surface area contributed by atoms with E-state index >= 15 is 0 Å². The van der Waals surface area contributed by atoms with Crippen molar-refractivity contribution in [1.29, 1.82) is 0 Å². The Labute approximate surface area is 166 Å². The molecule has 0 radical (unpaired) electrons. The summed E-state index contributed by atoms with van der Waals surface area (Å²) in [7, 11) is -3.61. The van der Waals surface area contributed by atoms with Gasteiger partial charge in [0, 0.05) is 23.2 Å². The van der Waals surface area contributed by atoms with Gasteiger partial charge in [0.2, 0.25) is 10.0 Å². The number of nitrogens with one attached hydrogen (secondary N) is 1. The topological polar surface area (TPSA) is 75.7 Å². The summed E-state index contributed by atoms with van der Waals surface area (Å²) in [6.07, 6.45) is 0. The smallest absolute Gasteiger partial charge is 0.252 e. The summed E-state index contributed by atoms with van der Waals surface area (Å²) in [5.41, 5.74) is 1.14. The highest BCUT2D eigenvalue weighted by atomic mass is 127. The Kier molecular flexibility index (Phi) is 6.28. The maximum absolute atomic E-state index is 12.9. The zero-order valence-electron chi connectivity index (χ0n) is 14.0. The number of carbonyl (C=O) groups excluding carboxylic acids is 1. The van der Waals surface area contributed by atoms with Crippen molar-refractivity contribution in [3.8, 4) is 0 Å². The molecule has 1 amide bonds. The number of hydrogen-bond donors (Lipinski definition) is 1. The summed E-state index contributed by atoms with van der Waals surface area (Å²) in [6.45, 7) is 1.61. The van der Waals surface area contributed by atoms with Crippen LogP contribution in [0.5, 0.6) is 0 Å². The second-order valence-electron chi connectivity index (χ2n) is 5.79. The number of halogens is 1. The normalized spacial score (nSPS) is 15.6. The summed E-state index contributed by atoms with van der Waals surface area (Å²) in [6, 6.07) is 14.0. The minimum atomic E-state index is -3.61. The lowest BCUT2D eigenvalue weighted by molar-refractivity contribution is 0.0730. The van der Waals surface area contributed by atoms with Crippen molar-refractivity contribution in [2.24, 2.45) is 0 Å². The molecule has 1 aliphatic rings. The average molecular weight is 486 g/mol. The van der Waals surface area contributed by atoms with Crippen LogP contribution in [0.2, 0.25) is 0 Å². The van der Waals surface area contributed by atoms with Crippen molar-refractivity contribution < 1.29 is 17.9 Å². The van der Waals surface area contributed by atoms with Crippen LogP contribution in [0.1, 0.15) is 15.9 Å². The predicted octanol–water partition coefficient (Wildman–Crippen LogP) is 2.24. The van der Waals surface area contributed by atoms with Gasteiger partial charge < -0.3 is 10.1 Å². The Hall–Kier alpha value is -1.49. The van der Waals surface area contributed by atoms with Gasteiger partial charge in [0.15, 0.2) is 0 Å². The van der Waals surface area contributed by atoms with E-state index in [4.69, 9.17) is 4.74 Å². The minimum absolute atomic E-state index is 0.142. The van der Waals surface area contributed by atoms with Crippen molar-refractivity contribution in [1.82, 2.24) is 9.62 Å². The zero-order valence-corrected chi connectivity index (χ0v) is 17.0. The van der Waals surface area contributed by atoms with Gasteiger partial charge in [-0.1, -0.05) is 30.3 Å². The molecule has 1 aliphatic heterocycles. The number of ether oxygens (including phenoxy) is 1. The molecule has 0 aromatic heterocycles. The van der Waals surface area contributed by atoms with Crippen LogP contribution >= 0.6 is 22.6 Å². The van der Waals surface area contributed by atoms with E-state index in [1.165, 1.54) is 4.31 Å². The van der Waals surface area contributed by atoms with Gasteiger partial charge in [0.05, 0.1) is 23.7 Å². The fraction of sp³-hybridized carbons (Fsp3) is 0.278. The molecule has 8 heteroatoms. The van der Waals surface area contributed by atoms with Crippen molar-refractivity contribution >= 4 is 38.5 Å². The van der Waals surface area contributed by atoms with Gasteiger partial charge in [-0.25, -0.2) is 8.42 Å². The summed E-state index contributed by atoms with van der Waals surface area (Å²) in [5, 5.41) is 2.82. The molecule has 2 aromatic carbocycles. The zero-order chi connectivity index (χ0) is 18.6. The standard InChI is InChI=1S/C18H19IN2O4S/c19-16-7-3-2-6-15(16)18(22)20-13-14-5-1-4-8-17(14)26(23,24)21-9-11-25-12-10-21/h1-8H,9-13H2,(H,20,22). The minimum Gasteiger partial charge on any atom is -0.379 e. The number of sulfonamides is 1. The Morgan fingerprint density at radius 3 is 2.46 bits per heavy atom. The van der Waals surface area contributed by atoms with Gasteiger partial charge in [0.1, 0.15) is 0 Å². The second-order valence-corrected chi connectivity index (χ2v) is 8.86. The molecule has 2 aromatic rings. The highest BCUT2D eigenvalue weighted by molar-refractivity contribution is 14.1. The van der Waals surface area contributed by atoms with Crippen molar-refractivity contribution in [3.63, 3.8) is 0 Å². The summed E-state index contributed by atoms with van der Waals surface area (Å²) >= 11 is 2.10. The number of carbonyl (C=O) groups is 1. The highest BCUT2D eigenvalue weighted by Crippen LogP contribution is 2.21. The van der Waals surface area contributed by atoms with Gasteiger partial charge in [0.25, 0.3) is 5.91 Å². The van der Waals surface area contributed by atoms with Crippen LogP contribution in [-0.2, 0) is 21.3 Å². The first kappa shape index (κ1) is 19.3. The fourth-order valence-electron chi connectivity index (χ4n) is 2.74. The molecule has 1 fully saturated rings. The molecular formula is C18H19IN2O4S. The van der Waals surface area contributed by atoms with Crippen LogP contribution in [0.3, 0.4) is 0 Å². The monoisotopic (exact) mass is 486 g/mol. The molecule has 1 N–H and O–H groups in total. The van der Waals surface area contributed by atoms with E-state index in [1.807, 2.05) is 12.1 Å². The van der Waals surface area contributed by atoms with Gasteiger partial charge in [-0.2, -0.15) is 4.31 Å². The quantitative estimate of drug-likeness (QED) is 0.659. The summed E-state index contributed by atoms with van der Waals surface area (Å²) < 4.78 is 33.4. The molecule has 0 atom stereocenters. The van der Waals surface area contributed by atoms with E-state index in [1.54, 1.807) is 36.4 Å². The molecule has 26 heavy (non-hydrogen) atoms. The number of benzene rings is 2. The van der Waals surface area contributed by atoms with Crippen LogP contribution in [-0.4, -0.2) is 44.9 Å². The van der Waals surface area contributed by atoms with Crippen molar-refractivity contribution in [2.45, 2.75) is 11.4 Å². The second kappa shape index (κ2) is 8.47. The largest absolute Gasteiger partial charge is 0.379 e. The number of morpholine rings is 1. The SMILES string of the molecule is O=C(NCc1ccccc1S(=O)(=O)N1CCOCC1)c1ccccc1I. The van der Waals surface area contributed by atoms with Crippen molar-refractivity contribution in [2.75, 3.05) is 26.3 Å². The Morgan fingerprint density at radius 2 is 1.73 bits per heavy atom. The van der Waals surface area contributed by atoms with Crippen LogP contribution in [0, 0.1) is 3.57 Å². The van der Waals surface area contributed by atoms with Crippen LogP contribution in [0.4, 0.5) is 0 Å². The Morgan fingerprint density at radius 1 is 1.08 bits per heavy atom. The predicted molar refractivity (Wildman–Crippen MR) is 106 cm³/mol. The maximum atomic E-state index is 12.9. The van der Waals surface area contributed by atoms with Crippen LogP contribution in [0.15, 0.2) is 53.4 Å². The first-order valence-electron chi connectivity index (χ1n) is 8.18. The van der Waals surface area contributed by atoms with Gasteiger partial charge in [-0.15, -0.1) is 0 Å². The van der Waals surface area contributed by atoms with Gasteiger partial charge in [-0.05, 0) is 46.4 Å². The first-order valence-corrected chi connectivity index (χ1v) is 10.7. The molecular weight excluding hydrogens is 467 g/mol. The van der Waals surface area contributed by atoms with Crippen LogP contribution < -0.4 is 5.32 Å². The van der Waals surface area contributed by atoms with E-state index in [2.05, 4.69) is 27.9 Å². The first-order chi connectivity index (χ1) is 12.5. The molecule has 1 saturated heterocycles. The maximum Gasteiger partial charge on any atom is 0.252 e. The number of amides is 1.